The van der Waals surface area contributed by atoms with Crippen LogP contribution < -0.4 is 22.1 Å². The molecule has 11 heteroatoms. The first kappa shape index (κ1) is 22.0. The number of nitrogens with zero attached hydrogens (tertiary/aromatic N) is 2. The molecule has 2 aromatic rings. The highest BCUT2D eigenvalue weighted by Crippen LogP contribution is 2.30. The third-order valence-corrected chi connectivity index (χ3v) is 3.92. The van der Waals surface area contributed by atoms with Gasteiger partial charge in [0.2, 0.25) is 11.9 Å². The Hall–Kier alpha value is -3.34. The zero-order valence-electron chi connectivity index (χ0n) is 15.7. The van der Waals surface area contributed by atoms with E-state index < -0.39 is 23.8 Å². The minimum atomic E-state index is -3.27. The molecule has 0 unspecified atom stereocenters. The number of aromatic nitrogens is 2. The van der Waals surface area contributed by atoms with E-state index >= 15 is 0 Å². The highest BCUT2D eigenvalue weighted by Gasteiger charge is 2.33. The Labute approximate surface area is 165 Å². The van der Waals surface area contributed by atoms with E-state index in [1.54, 1.807) is 13.0 Å². The molecular weight excluding hydrogens is 386 g/mol. The first-order valence-corrected chi connectivity index (χ1v) is 8.68. The summed E-state index contributed by atoms with van der Waals surface area (Å²) in [6.07, 6.45) is 0.410. The standard InChI is InChI=1S/C18H22F2N6O3/c1-12-10-24-14(9-18(19,20)13-5-3-2-4-6-13)16(28)26(12)11-15(27)23-7-8-29-25-17(21)22/h2-6,10H,7-9,11H2,1H3,(H,23,27)(H4,21,22,25). The van der Waals surface area contributed by atoms with E-state index in [-0.39, 0.29) is 36.9 Å². The van der Waals surface area contributed by atoms with Crippen LogP contribution in [0.25, 0.3) is 0 Å². The SMILES string of the molecule is Cc1cnc(CC(F)(F)c2ccccc2)c(=O)n1CC(=O)NCCONC(=N)N. The van der Waals surface area contributed by atoms with Gasteiger partial charge in [-0.3, -0.25) is 24.8 Å². The molecule has 1 aromatic carbocycles. The molecule has 0 atom stereocenters. The van der Waals surface area contributed by atoms with Crippen LogP contribution in [0.15, 0.2) is 41.3 Å². The second-order valence-electron chi connectivity index (χ2n) is 6.20. The maximum absolute atomic E-state index is 14.5. The fourth-order valence-corrected chi connectivity index (χ4v) is 2.49. The van der Waals surface area contributed by atoms with Gasteiger partial charge in [0.05, 0.1) is 13.0 Å². The van der Waals surface area contributed by atoms with Crippen molar-refractivity contribution < 1.29 is 18.4 Å². The number of benzene rings is 1. The molecule has 2 rings (SSSR count). The monoisotopic (exact) mass is 408 g/mol. The molecule has 5 N–H and O–H groups in total. The Morgan fingerprint density at radius 1 is 1.34 bits per heavy atom. The van der Waals surface area contributed by atoms with E-state index in [1.165, 1.54) is 30.5 Å². The van der Waals surface area contributed by atoms with Gasteiger partial charge in [-0.2, -0.15) is 0 Å². The molecule has 1 heterocycles. The number of amides is 1. The molecule has 0 saturated heterocycles. The van der Waals surface area contributed by atoms with Crippen LogP contribution in [0.1, 0.15) is 17.0 Å². The summed E-state index contributed by atoms with van der Waals surface area (Å²) in [5.41, 5.74) is 6.21. The summed E-state index contributed by atoms with van der Waals surface area (Å²) in [6.45, 7) is 1.33. The number of hydrogen-bond acceptors (Lipinski definition) is 5. The average Bonchev–Trinajstić information content (AvgIpc) is 2.67. The zero-order chi connectivity index (χ0) is 21.4. The van der Waals surface area contributed by atoms with Crippen molar-refractivity contribution >= 4 is 11.9 Å². The number of nitrogens with one attached hydrogen (secondary N) is 3. The van der Waals surface area contributed by atoms with E-state index in [9.17, 15) is 18.4 Å². The van der Waals surface area contributed by atoms with Crippen molar-refractivity contribution in [3.8, 4) is 0 Å². The molecule has 0 aliphatic heterocycles. The summed E-state index contributed by atoms with van der Waals surface area (Å²) in [6, 6.07) is 7.16. The summed E-state index contributed by atoms with van der Waals surface area (Å²) < 4.78 is 30.1. The van der Waals surface area contributed by atoms with Crippen molar-refractivity contribution in [1.29, 1.82) is 5.41 Å². The van der Waals surface area contributed by atoms with E-state index in [0.717, 1.165) is 4.57 Å². The molecule has 1 aromatic heterocycles. The second-order valence-corrected chi connectivity index (χ2v) is 6.20. The van der Waals surface area contributed by atoms with Crippen molar-refractivity contribution in [2.75, 3.05) is 13.2 Å². The molecular formula is C18H22F2N6O3. The maximum Gasteiger partial charge on any atom is 0.278 e. The molecule has 0 bridgehead atoms. The molecule has 0 saturated carbocycles. The van der Waals surface area contributed by atoms with Gasteiger partial charge < -0.3 is 15.6 Å². The number of hydroxylamine groups is 1. The number of carbonyl (C=O) groups is 1. The molecule has 0 aliphatic carbocycles. The third kappa shape index (κ3) is 6.35. The minimum absolute atomic E-state index is 0.0318. The van der Waals surface area contributed by atoms with Gasteiger partial charge in [-0.05, 0) is 6.92 Å². The topological polar surface area (TPSA) is 135 Å². The van der Waals surface area contributed by atoms with Crippen LogP contribution in [0.2, 0.25) is 0 Å². The fourth-order valence-electron chi connectivity index (χ4n) is 2.49. The Bertz CT molecular complexity index is 918. The number of nitrogens with two attached hydrogens (primary N) is 1. The van der Waals surface area contributed by atoms with Crippen LogP contribution in [-0.2, 0) is 28.5 Å². The summed E-state index contributed by atoms with van der Waals surface area (Å²) in [5, 5.41) is 9.41. The van der Waals surface area contributed by atoms with Gasteiger partial charge in [0.1, 0.15) is 12.2 Å². The van der Waals surface area contributed by atoms with Gasteiger partial charge in [0.15, 0.2) is 0 Å². The number of alkyl halides is 2. The fraction of sp³-hybridized carbons (Fsp3) is 0.333. The highest BCUT2D eigenvalue weighted by atomic mass is 19.3. The van der Waals surface area contributed by atoms with E-state index in [4.69, 9.17) is 16.0 Å². The van der Waals surface area contributed by atoms with Gasteiger partial charge in [-0.15, -0.1) is 0 Å². The quantitative estimate of drug-likeness (QED) is 0.206. The molecule has 1 amide bonds. The predicted molar refractivity (Wildman–Crippen MR) is 101 cm³/mol. The largest absolute Gasteiger partial charge is 0.368 e. The Kier molecular flexibility index (Phi) is 7.37. The lowest BCUT2D eigenvalue weighted by molar-refractivity contribution is -0.122. The number of halogens is 2. The number of guanidine groups is 1. The van der Waals surface area contributed by atoms with E-state index in [2.05, 4.69) is 15.8 Å². The normalized spacial score (nSPS) is 11.1. The molecule has 0 aliphatic rings. The van der Waals surface area contributed by atoms with Crippen LogP contribution in [0.3, 0.4) is 0 Å². The smallest absolute Gasteiger partial charge is 0.278 e. The van der Waals surface area contributed by atoms with Gasteiger partial charge in [-0.1, -0.05) is 30.3 Å². The molecule has 9 nitrogen and oxygen atoms in total. The Morgan fingerprint density at radius 2 is 2.03 bits per heavy atom. The maximum atomic E-state index is 14.5. The number of hydrogen-bond donors (Lipinski definition) is 4. The summed E-state index contributed by atoms with van der Waals surface area (Å²) in [5.74, 6) is -4.16. The van der Waals surface area contributed by atoms with Crippen molar-refractivity contribution in [3.63, 3.8) is 0 Å². The van der Waals surface area contributed by atoms with E-state index in [0.29, 0.717) is 5.69 Å². The molecule has 29 heavy (non-hydrogen) atoms. The van der Waals surface area contributed by atoms with Crippen molar-refractivity contribution in [2.45, 2.75) is 25.8 Å². The van der Waals surface area contributed by atoms with Crippen molar-refractivity contribution in [1.82, 2.24) is 20.3 Å². The van der Waals surface area contributed by atoms with Gasteiger partial charge >= 0.3 is 0 Å². The van der Waals surface area contributed by atoms with Crippen molar-refractivity contribution in [3.05, 3.63) is 63.8 Å². The first-order valence-electron chi connectivity index (χ1n) is 8.68. The predicted octanol–water partition coefficient (Wildman–Crippen LogP) is 0.417. The second kappa shape index (κ2) is 9.73. The van der Waals surface area contributed by atoms with Gasteiger partial charge in [-0.25, -0.2) is 14.3 Å². The van der Waals surface area contributed by atoms with Crippen molar-refractivity contribution in [2.24, 2.45) is 5.73 Å². The van der Waals surface area contributed by atoms with Gasteiger partial charge in [0.25, 0.3) is 11.5 Å². The molecule has 0 spiro atoms. The molecule has 0 fully saturated rings. The summed E-state index contributed by atoms with van der Waals surface area (Å²) in [4.78, 5) is 33.3. The highest BCUT2D eigenvalue weighted by molar-refractivity contribution is 5.75. The zero-order valence-corrected chi connectivity index (χ0v) is 15.7. The number of aryl methyl sites for hydroxylation is 1. The van der Waals surface area contributed by atoms with Crippen LogP contribution in [-0.4, -0.2) is 34.6 Å². The molecule has 156 valence electrons. The molecule has 0 radical (unpaired) electrons. The average molecular weight is 408 g/mol. The number of rotatable bonds is 9. The first-order chi connectivity index (χ1) is 13.7. The van der Waals surface area contributed by atoms with Crippen LogP contribution in [0.4, 0.5) is 8.78 Å². The lowest BCUT2D eigenvalue weighted by atomic mass is 10.0. The van der Waals surface area contributed by atoms with Crippen LogP contribution in [0, 0.1) is 12.3 Å². The van der Waals surface area contributed by atoms with E-state index in [1.807, 2.05) is 0 Å². The van der Waals surface area contributed by atoms with Crippen LogP contribution >= 0.6 is 0 Å². The Balaban J connectivity index is 2.06. The lowest BCUT2D eigenvalue weighted by Gasteiger charge is -2.17. The lowest BCUT2D eigenvalue weighted by Crippen LogP contribution is -2.38. The minimum Gasteiger partial charge on any atom is -0.368 e. The number of carbonyl (C=O) groups excluding carboxylic acids is 1. The van der Waals surface area contributed by atoms with Crippen LogP contribution in [0.5, 0.6) is 0 Å². The summed E-state index contributed by atoms with van der Waals surface area (Å²) >= 11 is 0. The third-order valence-electron chi connectivity index (χ3n) is 3.92. The Morgan fingerprint density at radius 3 is 2.69 bits per heavy atom. The van der Waals surface area contributed by atoms with Gasteiger partial charge in [0, 0.05) is 24.0 Å². The summed E-state index contributed by atoms with van der Waals surface area (Å²) in [7, 11) is 0.